The molecular weight excluding hydrogens is 233 g/mol. The molecule has 83 valence electrons. The number of hydrogen-bond donors (Lipinski definition) is 1. The molecule has 1 unspecified atom stereocenters. The van der Waals surface area contributed by atoms with Crippen molar-refractivity contribution in [2.75, 3.05) is 18.1 Å². The Bertz CT molecular complexity index is 299. The molecule has 0 heterocycles. The van der Waals surface area contributed by atoms with Gasteiger partial charge in [0.2, 0.25) is 0 Å². The fourth-order valence-corrected chi connectivity index (χ4v) is 2.38. The van der Waals surface area contributed by atoms with Gasteiger partial charge in [-0.1, -0.05) is 6.07 Å². The van der Waals surface area contributed by atoms with Crippen LogP contribution in [0.4, 0.5) is 4.39 Å². The highest BCUT2D eigenvalue weighted by Crippen LogP contribution is 2.20. The van der Waals surface area contributed by atoms with E-state index in [1.165, 1.54) is 17.8 Å². The van der Waals surface area contributed by atoms with Gasteiger partial charge in [-0.2, -0.15) is 0 Å². The standard InChI is InChI=1S/C10H13FNOS2/c1-2-15(13)12-7-8-14-10-6-4-3-5-9(10)11/h4-6,12H,2,7-8H2,1H3. The minimum Gasteiger partial charge on any atom is -0.598 e. The van der Waals surface area contributed by atoms with E-state index in [9.17, 15) is 8.94 Å². The van der Waals surface area contributed by atoms with E-state index < -0.39 is 11.4 Å². The van der Waals surface area contributed by atoms with Gasteiger partial charge < -0.3 is 4.55 Å². The lowest BCUT2D eigenvalue weighted by Crippen LogP contribution is -2.27. The molecule has 0 aliphatic carbocycles. The van der Waals surface area contributed by atoms with Crippen LogP contribution in [0.25, 0.3) is 0 Å². The first-order valence-electron chi connectivity index (χ1n) is 4.64. The lowest BCUT2D eigenvalue weighted by Gasteiger charge is -2.08. The van der Waals surface area contributed by atoms with Crippen LogP contribution in [0.5, 0.6) is 0 Å². The zero-order valence-electron chi connectivity index (χ0n) is 8.46. The normalized spacial score (nSPS) is 12.7. The Morgan fingerprint density at radius 2 is 2.47 bits per heavy atom. The summed E-state index contributed by atoms with van der Waals surface area (Å²) in [6.07, 6.45) is 0. The highest BCUT2D eigenvalue weighted by Gasteiger charge is 2.03. The van der Waals surface area contributed by atoms with Crippen LogP contribution in [-0.2, 0) is 11.4 Å². The molecule has 0 saturated carbocycles. The summed E-state index contributed by atoms with van der Waals surface area (Å²) in [5.74, 6) is 1.05. The van der Waals surface area contributed by atoms with Gasteiger partial charge in [-0.15, -0.1) is 16.5 Å². The van der Waals surface area contributed by atoms with Crippen molar-refractivity contribution in [3.05, 3.63) is 30.1 Å². The lowest BCUT2D eigenvalue weighted by molar-refractivity contribution is 0.584. The van der Waals surface area contributed by atoms with Gasteiger partial charge in [-0.3, -0.25) is 0 Å². The summed E-state index contributed by atoms with van der Waals surface area (Å²) < 4.78 is 27.0. The van der Waals surface area contributed by atoms with Crippen LogP contribution in [-0.4, -0.2) is 22.6 Å². The minimum absolute atomic E-state index is 0.251. The molecule has 0 amide bonds. The smallest absolute Gasteiger partial charge is 0.137 e. The van der Waals surface area contributed by atoms with Gasteiger partial charge in [-0.05, 0) is 25.1 Å². The quantitative estimate of drug-likeness (QED) is 0.473. The summed E-state index contributed by atoms with van der Waals surface area (Å²) in [4.78, 5) is 0.609. The van der Waals surface area contributed by atoms with Crippen molar-refractivity contribution < 1.29 is 8.94 Å². The van der Waals surface area contributed by atoms with Crippen LogP contribution in [0.15, 0.2) is 23.1 Å². The SMILES string of the molecule is CC[S+]([O-])NCCSc1cc[c]cc1F. The van der Waals surface area contributed by atoms with Gasteiger partial charge in [0.25, 0.3) is 0 Å². The van der Waals surface area contributed by atoms with Crippen LogP contribution >= 0.6 is 11.8 Å². The maximum absolute atomic E-state index is 13.1. The van der Waals surface area contributed by atoms with E-state index in [2.05, 4.69) is 10.8 Å². The number of thioether (sulfide) groups is 1. The third-order valence-electron chi connectivity index (χ3n) is 1.66. The molecular formula is C10H13FNOS2. The average Bonchev–Trinajstić information content (AvgIpc) is 2.26. The second-order valence-corrected chi connectivity index (χ2v) is 5.43. The Kier molecular flexibility index (Phi) is 6.09. The number of benzene rings is 1. The highest BCUT2D eigenvalue weighted by molar-refractivity contribution is 7.99. The first-order valence-corrected chi connectivity index (χ1v) is 6.94. The summed E-state index contributed by atoms with van der Waals surface area (Å²) in [7, 11) is 0. The van der Waals surface area contributed by atoms with Crippen molar-refractivity contribution >= 4 is 23.1 Å². The highest BCUT2D eigenvalue weighted by atomic mass is 32.2. The van der Waals surface area contributed by atoms with Gasteiger partial charge in [0.15, 0.2) is 0 Å². The number of rotatable bonds is 6. The average molecular weight is 246 g/mol. The summed E-state index contributed by atoms with van der Waals surface area (Å²) >= 11 is 0.454. The predicted molar refractivity (Wildman–Crippen MR) is 62.6 cm³/mol. The molecule has 0 bridgehead atoms. The first kappa shape index (κ1) is 12.8. The van der Waals surface area contributed by atoms with Crippen LogP contribution < -0.4 is 4.72 Å². The van der Waals surface area contributed by atoms with Gasteiger partial charge in [0.05, 0.1) is 6.54 Å². The van der Waals surface area contributed by atoms with Gasteiger partial charge in [0, 0.05) is 22.0 Å². The Hall–Kier alpha value is -0.230. The molecule has 15 heavy (non-hydrogen) atoms. The first-order chi connectivity index (χ1) is 7.24. The summed E-state index contributed by atoms with van der Waals surface area (Å²) in [6.45, 7) is 2.46. The van der Waals surface area contributed by atoms with Crippen molar-refractivity contribution in [1.82, 2.24) is 4.72 Å². The second kappa shape index (κ2) is 7.11. The molecule has 0 spiro atoms. The van der Waals surface area contributed by atoms with Crippen LogP contribution in [0.3, 0.4) is 0 Å². The number of hydrogen-bond acceptors (Lipinski definition) is 3. The molecule has 0 aliphatic rings. The Morgan fingerprint density at radius 1 is 1.67 bits per heavy atom. The molecule has 0 saturated heterocycles. The molecule has 5 heteroatoms. The van der Waals surface area contributed by atoms with Crippen LogP contribution in [0, 0.1) is 11.9 Å². The molecule has 0 fully saturated rings. The third kappa shape index (κ3) is 4.88. The Morgan fingerprint density at radius 3 is 3.13 bits per heavy atom. The number of halogens is 1. The van der Waals surface area contributed by atoms with Crippen LogP contribution in [0.2, 0.25) is 0 Å². The van der Waals surface area contributed by atoms with Gasteiger partial charge in [-0.25, -0.2) is 4.39 Å². The van der Waals surface area contributed by atoms with Gasteiger partial charge in [0.1, 0.15) is 11.6 Å². The predicted octanol–water partition coefficient (Wildman–Crippen LogP) is 1.99. The van der Waals surface area contributed by atoms with Gasteiger partial charge >= 0.3 is 0 Å². The molecule has 0 aliphatic heterocycles. The molecule has 1 atom stereocenters. The molecule has 0 aromatic heterocycles. The molecule has 1 radical (unpaired) electrons. The summed E-state index contributed by atoms with van der Waals surface area (Å²) in [6, 6.07) is 7.36. The van der Waals surface area contributed by atoms with E-state index in [-0.39, 0.29) is 5.82 Å². The molecule has 1 aromatic rings. The van der Waals surface area contributed by atoms with E-state index in [0.29, 0.717) is 22.9 Å². The Labute approximate surface area is 97.0 Å². The summed E-state index contributed by atoms with van der Waals surface area (Å²) in [5, 5.41) is 0. The minimum atomic E-state index is -0.953. The van der Waals surface area contributed by atoms with Crippen molar-refractivity contribution in [3.8, 4) is 0 Å². The fourth-order valence-electron chi connectivity index (χ4n) is 0.931. The maximum atomic E-state index is 13.1. The zero-order chi connectivity index (χ0) is 11.1. The molecule has 2 nitrogen and oxygen atoms in total. The molecule has 1 N–H and O–H groups in total. The van der Waals surface area contributed by atoms with E-state index in [1.54, 1.807) is 12.1 Å². The van der Waals surface area contributed by atoms with E-state index in [4.69, 9.17) is 0 Å². The largest absolute Gasteiger partial charge is 0.598 e. The number of nitrogens with one attached hydrogen (secondary N) is 1. The zero-order valence-corrected chi connectivity index (χ0v) is 10.1. The maximum Gasteiger partial charge on any atom is 0.137 e. The van der Waals surface area contributed by atoms with Crippen molar-refractivity contribution in [2.45, 2.75) is 11.8 Å². The Balaban J connectivity index is 2.23. The topological polar surface area (TPSA) is 35.1 Å². The molecule has 1 rings (SSSR count). The van der Waals surface area contributed by atoms with Crippen molar-refractivity contribution in [1.29, 1.82) is 0 Å². The van der Waals surface area contributed by atoms with Crippen LogP contribution in [0.1, 0.15) is 6.92 Å². The van der Waals surface area contributed by atoms with Crippen molar-refractivity contribution in [3.63, 3.8) is 0 Å². The van der Waals surface area contributed by atoms with E-state index in [1.807, 2.05) is 6.92 Å². The van der Waals surface area contributed by atoms with E-state index in [0.717, 1.165) is 0 Å². The second-order valence-electron chi connectivity index (χ2n) is 2.73. The lowest BCUT2D eigenvalue weighted by atomic mass is 10.3. The monoisotopic (exact) mass is 246 g/mol. The fraction of sp³-hybridized carbons (Fsp3) is 0.400. The van der Waals surface area contributed by atoms with E-state index >= 15 is 0 Å². The van der Waals surface area contributed by atoms with Crippen molar-refractivity contribution in [2.24, 2.45) is 0 Å². The summed E-state index contributed by atoms with van der Waals surface area (Å²) in [5.41, 5.74) is 0. The molecule has 1 aromatic carbocycles. The third-order valence-corrected chi connectivity index (χ3v) is 3.76.